The second-order valence-corrected chi connectivity index (χ2v) is 4.47. The van der Waals surface area contributed by atoms with Crippen LogP contribution in [0.3, 0.4) is 0 Å². The molecule has 88 valence electrons. The van der Waals surface area contributed by atoms with Crippen molar-refractivity contribution in [2.24, 2.45) is 0 Å². The fourth-order valence-electron chi connectivity index (χ4n) is 2.36. The van der Waals surface area contributed by atoms with Gasteiger partial charge >= 0.3 is 0 Å². The Morgan fingerprint density at radius 2 is 2.38 bits per heavy atom. The molecule has 1 aromatic rings. The number of pyridine rings is 1. The van der Waals surface area contributed by atoms with Crippen LogP contribution in [0.15, 0.2) is 18.3 Å². The molecule has 1 N–H and O–H groups in total. The second kappa shape index (κ2) is 5.19. The number of hydrogen-bond donors (Lipinski definition) is 1. The average molecular weight is 219 g/mol. The van der Waals surface area contributed by atoms with Crippen LogP contribution in [0.25, 0.3) is 0 Å². The van der Waals surface area contributed by atoms with Crippen molar-refractivity contribution >= 4 is 11.5 Å². The van der Waals surface area contributed by atoms with Crippen molar-refractivity contribution < 1.29 is 0 Å². The summed E-state index contributed by atoms with van der Waals surface area (Å²) >= 11 is 0. The third kappa shape index (κ3) is 2.46. The minimum absolute atomic E-state index is 0.658. The van der Waals surface area contributed by atoms with E-state index in [2.05, 4.69) is 41.2 Å². The molecule has 1 aliphatic heterocycles. The van der Waals surface area contributed by atoms with E-state index < -0.39 is 0 Å². The maximum Gasteiger partial charge on any atom is 0.127 e. The zero-order chi connectivity index (χ0) is 11.4. The maximum absolute atomic E-state index is 4.31. The van der Waals surface area contributed by atoms with Gasteiger partial charge in [0.25, 0.3) is 0 Å². The van der Waals surface area contributed by atoms with E-state index in [1.165, 1.54) is 31.5 Å². The summed E-state index contributed by atoms with van der Waals surface area (Å²) in [6.07, 6.45) is 5.87. The van der Waals surface area contributed by atoms with E-state index in [1.807, 2.05) is 6.20 Å². The summed E-state index contributed by atoms with van der Waals surface area (Å²) in [6, 6.07) is 4.93. The molecule has 1 fully saturated rings. The molecule has 1 saturated heterocycles. The first-order chi connectivity index (χ1) is 7.81. The highest BCUT2D eigenvalue weighted by atomic mass is 15.2. The number of nitrogens with one attached hydrogen (secondary N) is 1. The minimum Gasteiger partial charge on any atom is -0.370 e. The van der Waals surface area contributed by atoms with Crippen LogP contribution in [-0.4, -0.2) is 24.1 Å². The molecule has 2 rings (SSSR count). The normalized spacial score (nSPS) is 20.9. The summed E-state index contributed by atoms with van der Waals surface area (Å²) in [5.74, 6) is 0.984. The lowest BCUT2D eigenvalue weighted by Crippen LogP contribution is -2.37. The van der Waals surface area contributed by atoms with Crippen molar-refractivity contribution in [3.63, 3.8) is 0 Å². The molecule has 0 spiro atoms. The van der Waals surface area contributed by atoms with E-state index in [-0.39, 0.29) is 0 Å². The highest BCUT2D eigenvalue weighted by Crippen LogP contribution is 2.25. The molecule has 0 aromatic carbocycles. The van der Waals surface area contributed by atoms with Gasteiger partial charge in [0.2, 0.25) is 0 Å². The molecule has 3 nitrogen and oxygen atoms in total. The van der Waals surface area contributed by atoms with Crippen molar-refractivity contribution in [3.8, 4) is 0 Å². The monoisotopic (exact) mass is 219 g/mol. The second-order valence-electron chi connectivity index (χ2n) is 4.47. The number of anilines is 2. The molecule has 1 aromatic heterocycles. The predicted octanol–water partition coefficient (Wildman–Crippen LogP) is 2.89. The van der Waals surface area contributed by atoms with E-state index in [4.69, 9.17) is 0 Å². The first-order valence-electron chi connectivity index (χ1n) is 6.28. The third-order valence-corrected chi connectivity index (χ3v) is 3.24. The van der Waals surface area contributed by atoms with E-state index in [0.717, 1.165) is 12.4 Å². The smallest absolute Gasteiger partial charge is 0.127 e. The van der Waals surface area contributed by atoms with Crippen LogP contribution in [0.1, 0.15) is 33.1 Å². The van der Waals surface area contributed by atoms with Crippen LogP contribution >= 0.6 is 0 Å². The predicted molar refractivity (Wildman–Crippen MR) is 69.1 cm³/mol. The molecule has 0 aliphatic carbocycles. The van der Waals surface area contributed by atoms with Crippen LogP contribution in [0.5, 0.6) is 0 Å². The Bertz CT molecular complexity index is 338. The van der Waals surface area contributed by atoms with Crippen LogP contribution in [-0.2, 0) is 0 Å². The van der Waals surface area contributed by atoms with Gasteiger partial charge in [-0.15, -0.1) is 0 Å². The molecule has 16 heavy (non-hydrogen) atoms. The Hall–Kier alpha value is -1.25. The van der Waals surface area contributed by atoms with Crippen LogP contribution in [0.4, 0.5) is 11.5 Å². The Labute approximate surface area is 97.9 Å². The van der Waals surface area contributed by atoms with E-state index in [1.54, 1.807) is 0 Å². The molecule has 3 heteroatoms. The standard InChI is InChI=1S/C13H21N3/c1-3-14-13-10-12(7-8-15-13)16-9-5-4-6-11(16)2/h7-8,10-11H,3-6,9H2,1-2H3,(H,14,15). The quantitative estimate of drug-likeness (QED) is 0.847. The summed E-state index contributed by atoms with van der Waals surface area (Å²) in [6.45, 7) is 6.51. The Morgan fingerprint density at radius 3 is 3.12 bits per heavy atom. The Balaban J connectivity index is 2.15. The van der Waals surface area contributed by atoms with Gasteiger partial charge in [0.1, 0.15) is 5.82 Å². The largest absolute Gasteiger partial charge is 0.370 e. The van der Waals surface area contributed by atoms with Crippen molar-refractivity contribution in [3.05, 3.63) is 18.3 Å². The molecular weight excluding hydrogens is 198 g/mol. The molecule has 0 bridgehead atoms. The summed E-state index contributed by atoms with van der Waals surface area (Å²) in [7, 11) is 0. The first kappa shape index (κ1) is 11.2. The summed E-state index contributed by atoms with van der Waals surface area (Å²) in [4.78, 5) is 6.80. The summed E-state index contributed by atoms with van der Waals surface area (Å²) in [5.41, 5.74) is 1.30. The fraction of sp³-hybridized carbons (Fsp3) is 0.615. The first-order valence-corrected chi connectivity index (χ1v) is 6.28. The van der Waals surface area contributed by atoms with Crippen molar-refractivity contribution in [2.45, 2.75) is 39.2 Å². The Kier molecular flexibility index (Phi) is 3.65. The third-order valence-electron chi connectivity index (χ3n) is 3.24. The van der Waals surface area contributed by atoms with Crippen molar-refractivity contribution in [1.82, 2.24) is 4.98 Å². The van der Waals surface area contributed by atoms with Crippen LogP contribution in [0, 0.1) is 0 Å². The zero-order valence-corrected chi connectivity index (χ0v) is 10.2. The highest BCUT2D eigenvalue weighted by molar-refractivity contribution is 5.54. The van der Waals surface area contributed by atoms with E-state index in [9.17, 15) is 0 Å². The topological polar surface area (TPSA) is 28.2 Å². The van der Waals surface area contributed by atoms with Gasteiger partial charge in [0.15, 0.2) is 0 Å². The van der Waals surface area contributed by atoms with Gasteiger partial charge in [-0.2, -0.15) is 0 Å². The fourth-order valence-corrected chi connectivity index (χ4v) is 2.36. The van der Waals surface area contributed by atoms with Crippen LogP contribution in [0.2, 0.25) is 0 Å². The number of aromatic nitrogens is 1. The summed E-state index contributed by atoms with van der Waals surface area (Å²) < 4.78 is 0. The molecule has 2 heterocycles. The van der Waals surface area contributed by atoms with Crippen LogP contribution < -0.4 is 10.2 Å². The lowest BCUT2D eigenvalue weighted by Gasteiger charge is -2.35. The number of hydrogen-bond acceptors (Lipinski definition) is 3. The lowest BCUT2D eigenvalue weighted by molar-refractivity contribution is 0.485. The lowest BCUT2D eigenvalue weighted by atomic mass is 10.0. The molecule has 0 amide bonds. The minimum atomic E-state index is 0.658. The number of rotatable bonds is 3. The molecule has 0 saturated carbocycles. The molecule has 0 radical (unpaired) electrons. The molecular formula is C13H21N3. The number of nitrogens with zero attached hydrogens (tertiary/aromatic N) is 2. The van der Waals surface area contributed by atoms with Gasteiger partial charge in [0.05, 0.1) is 0 Å². The highest BCUT2D eigenvalue weighted by Gasteiger charge is 2.18. The molecule has 1 atom stereocenters. The van der Waals surface area contributed by atoms with E-state index in [0.29, 0.717) is 6.04 Å². The van der Waals surface area contributed by atoms with Crippen molar-refractivity contribution in [2.75, 3.05) is 23.3 Å². The van der Waals surface area contributed by atoms with Gasteiger partial charge in [-0.3, -0.25) is 0 Å². The zero-order valence-electron chi connectivity index (χ0n) is 10.2. The van der Waals surface area contributed by atoms with Gasteiger partial charge < -0.3 is 10.2 Å². The summed E-state index contributed by atoms with van der Waals surface area (Å²) in [5, 5.41) is 3.26. The number of piperidine rings is 1. The van der Waals surface area contributed by atoms with Gasteiger partial charge in [-0.25, -0.2) is 4.98 Å². The van der Waals surface area contributed by atoms with Crippen molar-refractivity contribution in [1.29, 1.82) is 0 Å². The Morgan fingerprint density at radius 1 is 1.50 bits per heavy atom. The van der Waals surface area contributed by atoms with E-state index >= 15 is 0 Å². The van der Waals surface area contributed by atoms with Gasteiger partial charge in [-0.05, 0) is 39.2 Å². The average Bonchev–Trinajstić information content (AvgIpc) is 2.30. The van der Waals surface area contributed by atoms with Gasteiger partial charge in [-0.1, -0.05) is 0 Å². The maximum atomic E-state index is 4.31. The molecule has 1 unspecified atom stereocenters. The van der Waals surface area contributed by atoms with Gasteiger partial charge in [0, 0.05) is 37.1 Å². The molecule has 1 aliphatic rings. The SMILES string of the molecule is CCNc1cc(N2CCCCC2C)ccn1.